The number of benzene rings is 2. The maximum absolute atomic E-state index is 9.06. The number of nitrogen functional groups attached to an aromatic ring is 1. The second-order valence-corrected chi connectivity index (χ2v) is 8.06. The van der Waals surface area contributed by atoms with Crippen LogP contribution >= 0.6 is 0 Å². The van der Waals surface area contributed by atoms with E-state index in [4.69, 9.17) is 20.7 Å². The molecular formula is C26H36N6O3. The fourth-order valence-electron chi connectivity index (χ4n) is 4.16. The van der Waals surface area contributed by atoms with E-state index in [1.807, 2.05) is 24.3 Å². The second-order valence-electron chi connectivity index (χ2n) is 8.06. The number of anilines is 2. The highest BCUT2D eigenvalue weighted by atomic mass is 16.5. The molecule has 2 heterocycles. The van der Waals surface area contributed by atoms with Crippen molar-refractivity contribution in [2.24, 2.45) is 0 Å². The second kappa shape index (κ2) is 12.9. The minimum Gasteiger partial charge on any atom is -0.496 e. The van der Waals surface area contributed by atoms with Crippen LogP contribution in [0.25, 0.3) is 21.9 Å². The predicted octanol–water partition coefficient (Wildman–Crippen LogP) is 3.13. The van der Waals surface area contributed by atoms with E-state index in [1.54, 1.807) is 7.11 Å². The number of aromatic nitrogens is 3. The summed E-state index contributed by atoms with van der Waals surface area (Å²) >= 11 is 0. The highest BCUT2D eigenvalue weighted by Gasteiger charge is 2.19. The first kappa shape index (κ1) is 26.2. The van der Waals surface area contributed by atoms with Gasteiger partial charge < -0.3 is 35.9 Å². The van der Waals surface area contributed by atoms with Crippen LogP contribution in [0.5, 0.6) is 5.75 Å². The van der Waals surface area contributed by atoms with E-state index in [-0.39, 0.29) is 12.6 Å². The number of fused-ring (bicyclic) bond motifs is 3. The van der Waals surface area contributed by atoms with E-state index in [9.17, 15) is 0 Å². The number of ether oxygens (including phenoxy) is 1. The van der Waals surface area contributed by atoms with Crippen molar-refractivity contribution in [2.45, 2.75) is 32.9 Å². The van der Waals surface area contributed by atoms with Crippen molar-refractivity contribution in [3.63, 3.8) is 0 Å². The number of methoxy groups -OCH3 is 1. The van der Waals surface area contributed by atoms with Gasteiger partial charge in [-0.1, -0.05) is 37.6 Å². The SMILES string of the molecule is CCCCNc1nc(N)nc2c3ccccc3n(Cc3cc(CNCCO)ccc3OC)c12.CO. The molecule has 188 valence electrons. The standard InChI is InChI=1S/C25H32N6O2.CH4O/c1-3-4-11-28-24-23-22(29-25(26)30-24)19-7-5-6-8-20(19)31(23)16-18-14-17(15-27-12-13-32)9-10-21(18)33-2;1-2/h5-10,14,27,32H,3-4,11-13,15-16H2,1-2H3,(H3,26,28,29,30);2H,1H3. The topological polar surface area (TPSA) is 130 Å². The van der Waals surface area contributed by atoms with Gasteiger partial charge >= 0.3 is 0 Å². The van der Waals surface area contributed by atoms with Crippen LogP contribution in [0.4, 0.5) is 11.8 Å². The highest BCUT2D eigenvalue weighted by molar-refractivity contribution is 6.09. The number of hydrogen-bond donors (Lipinski definition) is 5. The summed E-state index contributed by atoms with van der Waals surface area (Å²) in [6.07, 6.45) is 2.14. The number of unbranched alkanes of at least 4 members (excludes halogenated alkanes) is 1. The lowest BCUT2D eigenvalue weighted by Crippen LogP contribution is -2.17. The molecule has 2 aromatic carbocycles. The van der Waals surface area contributed by atoms with E-state index < -0.39 is 0 Å². The van der Waals surface area contributed by atoms with Gasteiger partial charge in [-0.3, -0.25) is 0 Å². The van der Waals surface area contributed by atoms with Crippen molar-refractivity contribution >= 4 is 33.7 Å². The number of para-hydroxylation sites is 1. The number of nitrogens with two attached hydrogens (primary N) is 1. The molecule has 0 bridgehead atoms. The zero-order chi connectivity index (χ0) is 25.2. The summed E-state index contributed by atoms with van der Waals surface area (Å²) in [6, 6.07) is 14.4. The first-order valence-electron chi connectivity index (χ1n) is 11.9. The molecule has 0 aliphatic heterocycles. The Hall–Kier alpha value is -3.40. The Morgan fingerprint density at radius 3 is 2.63 bits per heavy atom. The molecule has 4 rings (SSSR count). The lowest BCUT2D eigenvalue weighted by atomic mass is 10.1. The molecule has 9 heteroatoms. The molecule has 0 aliphatic carbocycles. The fourth-order valence-corrected chi connectivity index (χ4v) is 4.16. The van der Waals surface area contributed by atoms with E-state index >= 15 is 0 Å². The lowest BCUT2D eigenvalue weighted by Gasteiger charge is -2.15. The van der Waals surface area contributed by atoms with Crippen molar-refractivity contribution < 1.29 is 14.9 Å². The van der Waals surface area contributed by atoms with E-state index in [0.29, 0.717) is 19.6 Å². The van der Waals surface area contributed by atoms with Gasteiger partial charge in [0.1, 0.15) is 16.8 Å². The molecule has 9 nitrogen and oxygen atoms in total. The number of nitrogens with zero attached hydrogens (tertiary/aromatic N) is 3. The summed E-state index contributed by atoms with van der Waals surface area (Å²) in [5.74, 6) is 1.84. The van der Waals surface area contributed by atoms with Crippen LogP contribution in [0.1, 0.15) is 30.9 Å². The summed E-state index contributed by atoms with van der Waals surface area (Å²) < 4.78 is 7.92. The smallest absolute Gasteiger partial charge is 0.222 e. The molecule has 2 aromatic heterocycles. The van der Waals surface area contributed by atoms with Gasteiger partial charge in [-0.25, -0.2) is 4.98 Å². The Morgan fingerprint density at radius 2 is 1.89 bits per heavy atom. The van der Waals surface area contributed by atoms with Crippen LogP contribution in [0, 0.1) is 0 Å². The van der Waals surface area contributed by atoms with E-state index in [1.165, 1.54) is 0 Å². The summed E-state index contributed by atoms with van der Waals surface area (Å²) in [5, 5.41) is 23.8. The molecule has 0 fully saturated rings. The van der Waals surface area contributed by atoms with Crippen LogP contribution in [-0.2, 0) is 13.1 Å². The third-order valence-corrected chi connectivity index (χ3v) is 5.73. The molecule has 6 N–H and O–H groups in total. The zero-order valence-electron chi connectivity index (χ0n) is 20.7. The third-order valence-electron chi connectivity index (χ3n) is 5.73. The Balaban J connectivity index is 0.00000167. The van der Waals surface area contributed by atoms with Crippen LogP contribution in [-0.4, -0.2) is 58.7 Å². The van der Waals surface area contributed by atoms with Crippen LogP contribution < -0.4 is 21.1 Å². The summed E-state index contributed by atoms with van der Waals surface area (Å²) in [6.45, 7) is 4.92. The average Bonchev–Trinajstić information content (AvgIpc) is 3.19. The number of nitrogens with one attached hydrogen (secondary N) is 2. The van der Waals surface area contributed by atoms with Crippen molar-refractivity contribution in [1.82, 2.24) is 19.9 Å². The van der Waals surface area contributed by atoms with Gasteiger partial charge in [0, 0.05) is 37.7 Å². The van der Waals surface area contributed by atoms with E-state index in [2.05, 4.69) is 50.3 Å². The summed E-state index contributed by atoms with van der Waals surface area (Å²) in [5.41, 5.74) is 11.1. The monoisotopic (exact) mass is 480 g/mol. The molecule has 0 spiro atoms. The molecule has 0 saturated heterocycles. The van der Waals surface area contributed by atoms with Crippen molar-refractivity contribution in [1.29, 1.82) is 0 Å². The Bertz CT molecular complexity index is 1240. The molecule has 4 aromatic rings. The van der Waals surface area contributed by atoms with Crippen LogP contribution in [0.15, 0.2) is 42.5 Å². The first-order valence-corrected chi connectivity index (χ1v) is 11.9. The Kier molecular flexibility index (Phi) is 9.66. The molecule has 0 radical (unpaired) electrons. The number of aliphatic hydroxyl groups excluding tert-OH is 2. The molecular weight excluding hydrogens is 444 g/mol. The molecule has 0 unspecified atom stereocenters. The van der Waals surface area contributed by atoms with Gasteiger partial charge in [-0.15, -0.1) is 0 Å². The maximum atomic E-state index is 9.06. The summed E-state index contributed by atoms with van der Waals surface area (Å²) in [7, 11) is 2.69. The zero-order valence-corrected chi connectivity index (χ0v) is 20.7. The van der Waals surface area contributed by atoms with Gasteiger partial charge in [0.05, 0.1) is 25.8 Å². The maximum Gasteiger partial charge on any atom is 0.222 e. The minimum absolute atomic E-state index is 0.112. The quantitative estimate of drug-likeness (QED) is 0.207. The summed E-state index contributed by atoms with van der Waals surface area (Å²) in [4.78, 5) is 9.16. The Morgan fingerprint density at radius 1 is 1.09 bits per heavy atom. The largest absolute Gasteiger partial charge is 0.496 e. The van der Waals surface area contributed by atoms with Gasteiger partial charge in [0.25, 0.3) is 0 Å². The van der Waals surface area contributed by atoms with Crippen molar-refractivity contribution in [2.75, 3.05) is 45.0 Å². The highest BCUT2D eigenvalue weighted by Crippen LogP contribution is 2.34. The lowest BCUT2D eigenvalue weighted by molar-refractivity contribution is 0.292. The molecule has 0 atom stereocenters. The predicted molar refractivity (Wildman–Crippen MR) is 142 cm³/mol. The van der Waals surface area contributed by atoms with Gasteiger partial charge in [0.2, 0.25) is 5.95 Å². The number of hydrogen-bond acceptors (Lipinski definition) is 8. The molecule has 0 amide bonds. The number of aliphatic hydroxyl groups is 2. The first-order chi connectivity index (χ1) is 17.2. The van der Waals surface area contributed by atoms with Gasteiger partial charge in [-0.2, -0.15) is 4.98 Å². The van der Waals surface area contributed by atoms with Crippen molar-refractivity contribution in [3.05, 3.63) is 53.6 Å². The third kappa shape index (κ3) is 6.00. The van der Waals surface area contributed by atoms with Gasteiger partial charge in [-0.05, 0) is 30.2 Å². The van der Waals surface area contributed by atoms with Crippen LogP contribution in [0.2, 0.25) is 0 Å². The Labute approximate surface area is 206 Å². The van der Waals surface area contributed by atoms with Gasteiger partial charge in [0.15, 0.2) is 5.82 Å². The average molecular weight is 481 g/mol. The molecule has 35 heavy (non-hydrogen) atoms. The van der Waals surface area contributed by atoms with Crippen molar-refractivity contribution in [3.8, 4) is 5.75 Å². The van der Waals surface area contributed by atoms with E-state index in [0.717, 1.165) is 71.1 Å². The normalized spacial score (nSPS) is 10.9. The van der Waals surface area contributed by atoms with Crippen LogP contribution in [0.3, 0.4) is 0 Å². The number of rotatable bonds is 11. The minimum atomic E-state index is 0.112. The molecule has 0 saturated carbocycles. The molecule has 0 aliphatic rings. The fraction of sp³-hybridized carbons (Fsp3) is 0.385.